The standard InChI is InChI=1S/C20H23NO2S/c1-4-17-14-21(12-11-18-8-5-16(3)13-20(17)18)24(22,23)19-9-6-15(2)7-10-19/h4-10,13,17H,1,11-12,14H2,2-3H3/t17-/m0/s1. The van der Waals surface area contributed by atoms with E-state index in [1.54, 1.807) is 16.4 Å². The van der Waals surface area contributed by atoms with Crippen molar-refractivity contribution in [1.82, 2.24) is 4.31 Å². The average molecular weight is 341 g/mol. The molecule has 0 bridgehead atoms. The van der Waals surface area contributed by atoms with Crippen LogP contribution < -0.4 is 0 Å². The molecule has 1 aliphatic rings. The number of aryl methyl sites for hydroxylation is 2. The highest BCUT2D eigenvalue weighted by atomic mass is 32.2. The zero-order valence-corrected chi connectivity index (χ0v) is 15.0. The quantitative estimate of drug-likeness (QED) is 0.796. The molecule has 0 aliphatic carbocycles. The van der Waals surface area contributed by atoms with Crippen LogP contribution in [-0.2, 0) is 16.4 Å². The molecule has 1 aliphatic heterocycles. The summed E-state index contributed by atoms with van der Waals surface area (Å²) in [4.78, 5) is 0.359. The van der Waals surface area contributed by atoms with E-state index in [0.717, 1.165) is 12.0 Å². The maximum absolute atomic E-state index is 13.0. The van der Waals surface area contributed by atoms with Crippen LogP contribution in [0.5, 0.6) is 0 Å². The van der Waals surface area contributed by atoms with E-state index in [-0.39, 0.29) is 5.92 Å². The van der Waals surface area contributed by atoms with Gasteiger partial charge in [0.1, 0.15) is 0 Å². The van der Waals surface area contributed by atoms with Gasteiger partial charge in [0.25, 0.3) is 0 Å². The van der Waals surface area contributed by atoms with Gasteiger partial charge in [-0.15, -0.1) is 6.58 Å². The summed E-state index contributed by atoms with van der Waals surface area (Å²) in [5, 5.41) is 0. The van der Waals surface area contributed by atoms with Crippen molar-refractivity contribution < 1.29 is 8.42 Å². The van der Waals surface area contributed by atoms with Crippen LogP contribution in [0.3, 0.4) is 0 Å². The lowest BCUT2D eigenvalue weighted by Gasteiger charge is -2.23. The molecule has 3 nitrogen and oxygen atoms in total. The minimum Gasteiger partial charge on any atom is -0.207 e. The summed E-state index contributed by atoms with van der Waals surface area (Å²) < 4.78 is 27.6. The first-order chi connectivity index (χ1) is 11.4. The number of rotatable bonds is 3. The molecule has 1 heterocycles. The molecule has 0 spiro atoms. The Kier molecular flexibility index (Phi) is 4.61. The molecule has 24 heavy (non-hydrogen) atoms. The van der Waals surface area contributed by atoms with Crippen molar-refractivity contribution >= 4 is 10.0 Å². The van der Waals surface area contributed by atoms with Gasteiger partial charge in [0.2, 0.25) is 10.0 Å². The summed E-state index contributed by atoms with van der Waals surface area (Å²) >= 11 is 0. The largest absolute Gasteiger partial charge is 0.243 e. The highest BCUT2D eigenvalue weighted by molar-refractivity contribution is 7.89. The summed E-state index contributed by atoms with van der Waals surface area (Å²) in [5.74, 6) is 0.0163. The first-order valence-electron chi connectivity index (χ1n) is 8.20. The van der Waals surface area contributed by atoms with Gasteiger partial charge < -0.3 is 0 Å². The van der Waals surface area contributed by atoms with Crippen LogP contribution in [0.15, 0.2) is 60.0 Å². The normalized spacial score (nSPS) is 18.7. The van der Waals surface area contributed by atoms with Crippen molar-refractivity contribution in [1.29, 1.82) is 0 Å². The molecule has 0 saturated carbocycles. The Bertz CT molecular complexity index is 854. The third-order valence-electron chi connectivity index (χ3n) is 4.67. The van der Waals surface area contributed by atoms with E-state index in [1.165, 1.54) is 16.7 Å². The minimum absolute atomic E-state index is 0.0163. The average Bonchev–Trinajstić information content (AvgIpc) is 2.74. The van der Waals surface area contributed by atoms with Crippen LogP contribution in [-0.4, -0.2) is 25.8 Å². The molecular formula is C20H23NO2S. The van der Waals surface area contributed by atoms with Gasteiger partial charge in [-0.3, -0.25) is 0 Å². The van der Waals surface area contributed by atoms with Gasteiger partial charge in [-0.1, -0.05) is 47.5 Å². The molecule has 0 fully saturated rings. The highest BCUT2D eigenvalue weighted by Gasteiger charge is 2.30. The molecule has 3 rings (SSSR count). The second-order valence-corrected chi connectivity index (χ2v) is 8.41. The van der Waals surface area contributed by atoms with Crippen molar-refractivity contribution in [2.24, 2.45) is 0 Å². The Balaban J connectivity index is 1.97. The predicted molar refractivity (Wildman–Crippen MR) is 97.8 cm³/mol. The van der Waals surface area contributed by atoms with Crippen molar-refractivity contribution in [2.45, 2.75) is 31.1 Å². The van der Waals surface area contributed by atoms with Gasteiger partial charge in [-0.2, -0.15) is 4.31 Å². The number of sulfonamides is 1. The molecular weight excluding hydrogens is 318 g/mol. The van der Waals surface area contributed by atoms with Crippen LogP contribution in [0, 0.1) is 13.8 Å². The van der Waals surface area contributed by atoms with Crippen LogP contribution in [0.25, 0.3) is 0 Å². The fourth-order valence-corrected chi connectivity index (χ4v) is 4.69. The van der Waals surface area contributed by atoms with Crippen molar-refractivity contribution in [2.75, 3.05) is 13.1 Å². The zero-order valence-electron chi connectivity index (χ0n) is 14.2. The Labute approximate surface area is 144 Å². The van der Waals surface area contributed by atoms with E-state index in [2.05, 4.69) is 31.7 Å². The number of nitrogens with zero attached hydrogens (tertiary/aromatic N) is 1. The lowest BCUT2D eigenvalue weighted by atomic mass is 9.92. The van der Waals surface area contributed by atoms with Crippen LogP contribution in [0.2, 0.25) is 0 Å². The highest BCUT2D eigenvalue weighted by Crippen LogP contribution is 2.30. The number of benzene rings is 2. The van der Waals surface area contributed by atoms with Crippen LogP contribution in [0.1, 0.15) is 28.2 Å². The molecule has 0 N–H and O–H groups in total. The maximum atomic E-state index is 13.0. The van der Waals surface area contributed by atoms with Crippen molar-refractivity contribution in [3.63, 3.8) is 0 Å². The first kappa shape index (κ1) is 16.9. The van der Waals surface area contributed by atoms with Crippen LogP contribution in [0.4, 0.5) is 0 Å². The fraction of sp³-hybridized carbons (Fsp3) is 0.300. The van der Waals surface area contributed by atoms with Gasteiger partial charge in [0, 0.05) is 19.0 Å². The number of hydrogen-bond acceptors (Lipinski definition) is 2. The lowest BCUT2D eigenvalue weighted by Crippen LogP contribution is -2.34. The van der Waals surface area contributed by atoms with E-state index >= 15 is 0 Å². The summed E-state index contributed by atoms with van der Waals surface area (Å²) in [6.45, 7) is 8.89. The molecule has 2 aromatic carbocycles. The fourth-order valence-electron chi connectivity index (χ4n) is 3.22. The van der Waals surface area contributed by atoms with Gasteiger partial charge >= 0.3 is 0 Å². The smallest absolute Gasteiger partial charge is 0.207 e. The first-order valence-corrected chi connectivity index (χ1v) is 9.64. The second-order valence-electron chi connectivity index (χ2n) is 6.47. The number of hydrogen-bond donors (Lipinski definition) is 0. The summed E-state index contributed by atoms with van der Waals surface area (Å²) in [6, 6.07) is 13.4. The van der Waals surface area contributed by atoms with Gasteiger partial charge in [0.05, 0.1) is 4.90 Å². The van der Waals surface area contributed by atoms with E-state index in [1.807, 2.05) is 25.1 Å². The summed E-state index contributed by atoms with van der Waals surface area (Å²) in [5.41, 5.74) is 4.66. The Hall–Kier alpha value is -1.91. The molecule has 1 atom stereocenters. The molecule has 2 aromatic rings. The Morgan fingerprint density at radius 1 is 1.08 bits per heavy atom. The van der Waals surface area contributed by atoms with E-state index < -0.39 is 10.0 Å². The number of fused-ring (bicyclic) bond motifs is 1. The maximum Gasteiger partial charge on any atom is 0.243 e. The zero-order chi connectivity index (χ0) is 17.3. The topological polar surface area (TPSA) is 37.4 Å². The molecule has 0 saturated heterocycles. The van der Waals surface area contributed by atoms with E-state index in [4.69, 9.17) is 0 Å². The van der Waals surface area contributed by atoms with Crippen molar-refractivity contribution in [3.05, 3.63) is 77.4 Å². The molecule has 0 radical (unpaired) electrons. The van der Waals surface area contributed by atoms with Gasteiger partial charge in [-0.05, 0) is 43.5 Å². The monoisotopic (exact) mass is 341 g/mol. The summed E-state index contributed by atoms with van der Waals surface area (Å²) in [6.07, 6.45) is 2.59. The summed E-state index contributed by atoms with van der Waals surface area (Å²) in [7, 11) is -3.49. The SMILES string of the molecule is C=C[C@H]1CN(S(=O)(=O)c2ccc(C)cc2)CCc2ccc(C)cc21. The third kappa shape index (κ3) is 3.17. The lowest BCUT2D eigenvalue weighted by molar-refractivity contribution is 0.415. The molecule has 4 heteroatoms. The molecule has 0 amide bonds. The van der Waals surface area contributed by atoms with Crippen molar-refractivity contribution in [3.8, 4) is 0 Å². The second kappa shape index (κ2) is 6.54. The van der Waals surface area contributed by atoms with Gasteiger partial charge in [-0.25, -0.2) is 8.42 Å². The Morgan fingerprint density at radius 3 is 2.42 bits per heavy atom. The third-order valence-corrected chi connectivity index (χ3v) is 6.55. The van der Waals surface area contributed by atoms with Crippen LogP contribution >= 0.6 is 0 Å². The molecule has 0 aromatic heterocycles. The van der Waals surface area contributed by atoms with E-state index in [0.29, 0.717) is 18.0 Å². The van der Waals surface area contributed by atoms with E-state index in [9.17, 15) is 8.42 Å². The molecule has 126 valence electrons. The molecule has 0 unspecified atom stereocenters. The minimum atomic E-state index is -3.49. The predicted octanol–water partition coefficient (Wildman–Crippen LogP) is 3.82. The van der Waals surface area contributed by atoms with Gasteiger partial charge in [0.15, 0.2) is 0 Å². The Morgan fingerprint density at radius 2 is 1.75 bits per heavy atom.